The Bertz CT molecular complexity index is 563. The van der Waals surface area contributed by atoms with Gasteiger partial charge in [0.25, 0.3) is 5.91 Å². The van der Waals surface area contributed by atoms with E-state index in [1.807, 2.05) is 31.2 Å². The van der Waals surface area contributed by atoms with Crippen molar-refractivity contribution in [2.75, 3.05) is 5.73 Å². The SMILES string of the molecule is Cc1oncc1C(=O)NC(C)c1ccccc1N. The summed E-state index contributed by atoms with van der Waals surface area (Å²) in [7, 11) is 0. The van der Waals surface area contributed by atoms with Crippen molar-refractivity contribution in [3.63, 3.8) is 0 Å². The average Bonchev–Trinajstić information content (AvgIpc) is 2.76. The zero-order valence-electron chi connectivity index (χ0n) is 10.3. The van der Waals surface area contributed by atoms with Crippen LogP contribution in [-0.2, 0) is 0 Å². The van der Waals surface area contributed by atoms with Crippen molar-refractivity contribution in [1.29, 1.82) is 0 Å². The molecule has 0 saturated carbocycles. The molecular formula is C13H15N3O2. The highest BCUT2D eigenvalue weighted by atomic mass is 16.5. The van der Waals surface area contributed by atoms with Gasteiger partial charge in [0.1, 0.15) is 11.3 Å². The second-order valence-electron chi connectivity index (χ2n) is 4.12. The summed E-state index contributed by atoms with van der Waals surface area (Å²) >= 11 is 0. The highest BCUT2D eigenvalue weighted by Gasteiger charge is 2.16. The van der Waals surface area contributed by atoms with Gasteiger partial charge >= 0.3 is 0 Å². The Balaban J connectivity index is 2.13. The van der Waals surface area contributed by atoms with Crippen LogP contribution < -0.4 is 11.1 Å². The van der Waals surface area contributed by atoms with Gasteiger partial charge in [0, 0.05) is 5.69 Å². The van der Waals surface area contributed by atoms with Crippen LogP contribution in [0.5, 0.6) is 0 Å². The fraction of sp³-hybridized carbons (Fsp3) is 0.231. The molecule has 1 aromatic carbocycles. The number of benzene rings is 1. The quantitative estimate of drug-likeness (QED) is 0.811. The first-order chi connectivity index (χ1) is 8.59. The van der Waals surface area contributed by atoms with Crippen LogP contribution in [0.15, 0.2) is 35.0 Å². The number of anilines is 1. The lowest BCUT2D eigenvalue weighted by Gasteiger charge is -2.15. The number of nitrogen functional groups attached to an aromatic ring is 1. The first-order valence-electron chi connectivity index (χ1n) is 5.66. The van der Waals surface area contributed by atoms with Crippen LogP contribution in [-0.4, -0.2) is 11.1 Å². The van der Waals surface area contributed by atoms with Gasteiger partial charge < -0.3 is 15.6 Å². The molecule has 0 radical (unpaired) electrons. The van der Waals surface area contributed by atoms with E-state index >= 15 is 0 Å². The minimum Gasteiger partial charge on any atom is -0.398 e. The zero-order valence-corrected chi connectivity index (χ0v) is 10.3. The first kappa shape index (κ1) is 12.2. The molecule has 0 fully saturated rings. The smallest absolute Gasteiger partial charge is 0.256 e. The highest BCUT2D eigenvalue weighted by molar-refractivity contribution is 5.95. The van der Waals surface area contributed by atoms with Crippen molar-refractivity contribution in [1.82, 2.24) is 10.5 Å². The van der Waals surface area contributed by atoms with Gasteiger partial charge in [0.05, 0.1) is 12.2 Å². The number of aryl methyl sites for hydroxylation is 1. The summed E-state index contributed by atoms with van der Waals surface area (Å²) in [6.45, 7) is 3.58. The highest BCUT2D eigenvalue weighted by Crippen LogP contribution is 2.20. The van der Waals surface area contributed by atoms with E-state index in [1.165, 1.54) is 6.20 Å². The lowest BCUT2D eigenvalue weighted by Crippen LogP contribution is -2.27. The second kappa shape index (κ2) is 4.91. The predicted octanol–water partition coefficient (Wildman–Crippen LogP) is 2.06. The molecule has 0 spiro atoms. The Hall–Kier alpha value is -2.30. The van der Waals surface area contributed by atoms with Crippen molar-refractivity contribution in [2.24, 2.45) is 0 Å². The molecule has 0 aliphatic rings. The van der Waals surface area contributed by atoms with Gasteiger partial charge in [-0.15, -0.1) is 0 Å². The maximum Gasteiger partial charge on any atom is 0.256 e. The molecule has 1 amide bonds. The number of hydrogen-bond acceptors (Lipinski definition) is 4. The summed E-state index contributed by atoms with van der Waals surface area (Å²) in [6.07, 6.45) is 1.41. The zero-order chi connectivity index (χ0) is 13.1. The van der Waals surface area contributed by atoms with Gasteiger partial charge in [-0.2, -0.15) is 0 Å². The van der Waals surface area contributed by atoms with Crippen LogP contribution in [0.4, 0.5) is 5.69 Å². The third kappa shape index (κ3) is 2.34. The summed E-state index contributed by atoms with van der Waals surface area (Å²) in [4.78, 5) is 12.0. The molecule has 18 heavy (non-hydrogen) atoms. The van der Waals surface area contributed by atoms with Gasteiger partial charge in [-0.1, -0.05) is 23.4 Å². The molecule has 0 aliphatic heterocycles. The minimum absolute atomic E-state index is 0.173. The van der Waals surface area contributed by atoms with E-state index in [0.717, 1.165) is 5.56 Å². The number of rotatable bonds is 3. The number of nitrogens with zero attached hydrogens (tertiary/aromatic N) is 1. The van der Waals surface area contributed by atoms with Gasteiger partial charge in [0.15, 0.2) is 0 Å². The van der Waals surface area contributed by atoms with Crippen molar-refractivity contribution in [3.05, 3.63) is 47.3 Å². The third-order valence-electron chi connectivity index (χ3n) is 2.81. The number of carbonyl (C=O) groups excluding carboxylic acids is 1. The number of nitrogens with two attached hydrogens (primary N) is 1. The van der Waals surface area contributed by atoms with Gasteiger partial charge in [-0.3, -0.25) is 4.79 Å². The number of carbonyl (C=O) groups is 1. The van der Waals surface area contributed by atoms with Crippen molar-refractivity contribution < 1.29 is 9.32 Å². The molecular weight excluding hydrogens is 230 g/mol. The number of amides is 1. The largest absolute Gasteiger partial charge is 0.398 e. The summed E-state index contributed by atoms with van der Waals surface area (Å²) < 4.78 is 4.86. The molecule has 0 saturated heterocycles. The minimum atomic E-state index is -0.218. The van der Waals surface area contributed by atoms with Crippen LogP contribution in [0.3, 0.4) is 0 Å². The molecule has 1 aromatic heterocycles. The van der Waals surface area contributed by atoms with Gasteiger partial charge in [0.2, 0.25) is 0 Å². The van der Waals surface area contributed by atoms with E-state index in [4.69, 9.17) is 10.3 Å². The molecule has 1 unspecified atom stereocenters. The first-order valence-corrected chi connectivity index (χ1v) is 5.66. The normalized spacial score (nSPS) is 12.1. The fourth-order valence-electron chi connectivity index (χ4n) is 1.77. The van der Waals surface area contributed by atoms with Gasteiger partial charge in [-0.05, 0) is 25.5 Å². The third-order valence-corrected chi connectivity index (χ3v) is 2.81. The molecule has 0 bridgehead atoms. The Morgan fingerprint density at radius 3 is 2.78 bits per heavy atom. The molecule has 0 aliphatic carbocycles. The Kier molecular flexibility index (Phi) is 3.32. The summed E-state index contributed by atoms with van der Waals surface area (Å²) in [6, 6.07) is 7.27. The Morgan fingerprint density at radius 1 is 1.44 bits per heavy atom. The maximum absolute atomic E-state index is 12.0. The van der Waals surface area contributed by atoms with Crippen LogP contribution in [0.2, 0.25) is 0 Å². The molecule has 1 atom stereocenters. The van der Waals surface area contributed by atoms with Crippen molar-refractivity contribution >= 4 is 11.6 Å². The summed E-state index contributed by atoms with van der Waals surface area (Å²) in [5.74, 6) is 0.283. The molecule has 5 nitrogen and oxygen atoms in total. The molecule has 1 heterocycles. The molecule has 3 N–H and O–H groups in total. The average molecular weight is 245 g/mol. The van der Waals surface area contributed by atoms with Crippen molar-refractivity contribution in [2.45, 2.75) is 19.9 Å². The monoisotopic (exact) mass is 245 g/mol. The lowest BCUT2D eigenvalue weighted by atomic mass is 10.1. The molecule has 2 aromatic rings. The predicted molar refractivity (Wildman–Crippen MR) is 68.0 cm³/mol. The maximum atomic E-state index is 12.0. The molecule has 94 valence electrons. The van der Waals surface area contributed by atoms with Crippen LogP contribution in [0.25, 0.3) is 0 Å². The number of nitrogens with one attached hydrogen (secondary N) is 1. The van der Waals surface area contributed by atoms with Crippen LogP contribution in [0.1, 0.15) is 34.6 Å². The molecule has 2 rings (SSSR count). The van der Waals surface area contributed by atoms with Crippen LogP contribution >= 0.6 is 0 Å². The standard InChI is InChI=1S/C13H15N3O2/c1-8(10-5-3-4-6-12(10)14)16-13(17)11-7-15-18-9(11)2/h3-8H,14H2,1-2H3,(H,16,17). The van der Waals surface area contributed by atoms with Crippen molar-refractivity contribution in [3.8, 4) is 0 Å². The lowest BCUT2D eigenvalue weighted by molar-refractivity contribution is 0.0938. The van der Waals surface area contributed by atoms with E-state index in [9.17, 15) is 4.79 Å². The number of hydrogen-bond donors (Lipinski definition) is 2. The second-order valence-corrected chi connectivity index (χ2v) is 4.12. The Labute approximate surface area is 105 Å². The topological polar surface area (TPSA) is 81.2 Å². The van der Waals surface area contributed by atoms with E-state index < -0.39 is 0 Å². The summed E-state index contributed by atoms with van der Waals surface area (Å²) in [5, 5.41) is 6.44. The van der Waals surface area contributed by atoms with Gasteiger partial charge in [-0.25, -0.2) is 0 Å². The Morgan fingerprint density at radius 2 is 2.17 bits per heavy atom. The fourth-order valence-corrected chi connectivity index (χ4v) is 1.77. The number of para-hydroxylation sites is 1. The van der Waals surface area contributed by atoms with Crippen LogP contribution in [0, 0.1) is 6.92 Å². The van der Waals surface area contributed by atoms with E-state index in [0.29, 0.717) is 17.0 Å². The number of aromatic nitrogens is 1. The summed E-state index contributed by atoms with van der Waals surface area (Å²) in [5.41, 5.74) is 7.85. The van der Waals surface area contributed by atoms with E-state index in [2.05, 4.69) is 10.5 Å². The van der Waals surface area contributed by atoms with E-state index in [-0.39, 0.29) is 11.9 Å². The van der Waals surface area contributed by atoms with E-state index in [1.54, 1.807) is 6.92 Å². The molecule has 5 heteroatoms.